The van der Waals surface area contributed by atoms with Gasteiger partial charge in [-0.05, 0) is 60.9 Å². The molecule has 28 heavy (non-hydrogen) atoms. The van der Waals surface area contributed by atoms with Gasteiger partial charge < -0.3 is 14.8 Å². The molecular weight excluding hydrogens is 420 g/mol. The Bertz CT molecular complexity index is 815. The van der Waals surface area contributed by atoms with Crippen molar-refractivity contribution in [3.8, 4) is 5.88 Å². The SMILES string of the molecule is O=C(NCc1ccnc(OCC2CC2)c1)C1(c2ccc(Br)cc2)CCOCC1. The molecule has 2 aliphatic rings. The molecule has 1 saturated heterocycles. The van der Waals surface area contributed by atoms with Crippen LogP contribution < -0.4 is 10.1 Å². The highest BCUT2D eigenvalue weighted by Gasteiger charge is 2.41. The Kier molecular flexibility index (Phi) is 5.97. The maximum absolute atomic E-state index is 13.3. The molecule has 1 amide bonds. The highest BCUT2D eigenvalue weighted by atomic mass is 79.9. The van der Waals surface area contributed by atoms with E-state index in [-0.39, 0.29) is 5.91 Å². The lowest BCUT2D eigenvalue weighted by Crippen LogP contribution is -2.47. The van der Waals surface area contributed by atoms with E-state index in [0.29, 0.717) is 44.4 Å². The fourth-order valence-electron chi connectivity index (χ4n) is 3.61. The van der Waals surface area contributed by atoms with Gasteiger partial charge in [0, 0.05) is 36.5 Å². The number of hydrogen-bond donors (Lipinski definition) is 1. The standard InChI is InChI=1S/C22H25BrN2O3/c23-19-5-3-18(4-6-19)22(8-11-27-12-9-22)21(26)25-14-17-7-10-24-20(13-17)28-15-16-1-2-16/h3-7,10,13,16H,1-2,8-9,11-12,14-15H2,(H,25,26). The summed E-state index contributed by atoms with van der Waals surface area (Å²) < 4.78 is 12.3. The van der Waals surface area contributed by atoms with E-state index >= 15 is 0 Å². The number of amides is 1. The van der Waals surface area contributed by atoms with Gasteiger partial charge in [-0.25, -0.2) is 4.98 Å². The van der Waals surface area contributed by atoms with E-state index < -0.39 is 5.41 Å². The lowest BCUT2D eigenvalue weighted by atomic mass is 9.73. The lowest BCUT2D eigenvalue weighted by molar-refractivity contribution is -0.130. The van der Waals surface area contributed by atoms with Gasteiger partial charge in [-0.2, -0.15) is 0 Å². The van der Waals surface area contributed by atoms with E-state index in [9.17, 15) is 4.79 Å². The van der Waals surface area contributed by atoms with Crippen LogP contribution in [0.5, 0.6) is 5.88 Å². The summed E-state index contributed by atoms with van der Waals surface area (Å²) in [6.45, 7) is 2.38. The van der Waals surface area contributed by atoms with E-state index in [4.69, 9.17) is 9.47 Å². The van der Waals surface area contributed by atoms with Gasteiger partial charge >= 0.3 is 0 Å². The predicted octanol–water partition coefficient (Wildman–Crippen LogP) is 4.00. The molecule has 0 bridgehead atoms. The molecule has 148 valence electrons. The topological polar surface area (TPSA) is 60.5 Å². The number of nitrogens with zero attached hydrogens (tertiary/aromatic N) is 1. The zero-order valence-electron chi connectivity index (χ0n) is 15.8. The molecule has 2 aromatic rings. The van der Waals surface area contributed by atoms with Crippen LogP contribution in [0.1, 0.15) is 36.8 Å². The van der Waals surface area contributed by atoms with Crippen molar-refractivity contribution in [1.29, 1.82) is 0 Å². The molecule has 1 aromatic carbocycles. The summed E-state index contributed by atoms with van der Waals surface area (Å²) in [6, 6.07) is 11.9. The zero-order chi connectivity index (χ0) is 19.4. The Labute approximate surface area is 174 Å². The number of halogens is 1. The van der Waals surface area contributed by atoms with Crippen LogP contribution in [0.4, 0.5) is 0 Å². The Morgan fingerprint density at radius 2 is 1.96 bits per heavy atom. The van der Waals surface area contributed by atoms with Gasteiger partial charge in [-0.1, -0.05) is 28.1 Å². The lowest BCUT2D eigenvalue weighted by Gasteiger charge is -2.36. The van der Waals surface area contributed by atoms with Gasteiger partial charge in [0.2, 0.25) is 11.8 Å². The molecule has 0 unspecified atom stereocenters. The highest BCUT2D eigenvalue weighted by molar-refractivity contribution is 9.10. The number of aromatic nitrogens is 1. The second-order valence-corrected chi connectivity index (χ2v) is 8.56. The van der Waals surface area contributed by atoms with Gasteiger partial charge in [0.25, 0.3) is 0 Å². The second kappa shape index (κ2) is 8.62. The molecule has 1 aromatic heterocycles. The van der Waals surface area contributed by atoms with E-state index in [1.807, 2.05) is 36.4 Å². The monoisotopic (exact) mass is 444 g/mol. The van der Waals surface area contributed by atoms with Crippen LogP contribution in [0, 0.1) is 5.92 Å². The van der Waals surface area contributed by atoms with Crippen LogP contribution in [0.15, 0.2) is 47.1 Å². The summed E-state index contributed by atoms with van der Waals surface area (Å²) in [4.78, 5) is 17.5. The van der Waals surface area contributed by atoms with Crippen LogP contribution in [-0.2, 0) is 21.5 Å². The van der Waals surface area contributed by atoms with E-state index in [1.165, 1.54) is 12.8 Å². The van der Waals surface area contributed by atoms with Crippen molar-refractivity contribution in [1.82, 2.24) is 10.3 Å². The van der Waals surface area contributed by atoms with Crippen molar-refractivity contribution < 1.29 is 14.3 Å². The first-order valence-corrected chi connectivity index (χ1v) is 10.6. The Morgan fingerprint density at radius 3 is 2.68 bits per heavy atom. The third-order valence-electron chi connectivity index (χ3n) is 5.59. The van der Waals surface area contributed by atoms with Crippen LogP contribution >= 0.6 is 15.9 Å². The third-order valence-corrected chi connectivity index (χ3v) is 6.12. The summed E-state index contributed by atoms with van der Waals surface area (Å²) in [5.74, 6) is 1.37. The van der Waals surface area contributed by atoms with E-state index in [1.54, 1.807) is 6.20 Å². The number of ether oxygens (including phenoxy) is 2. The van der Waals surface area contributed by atoms with Gasteiger partial charge in [-0.15, -0.1) is 0 Å². The summed E-state index contributed by atoms with van der Waals surface area (Å²) >= 11 is 3.47. The number of benzene rings is 1. The molecule has 0 spiro atoms. The third kappa shape index (κ3) is 4.55. The Balaban J connectivity index is 1.44. The fraction of sp³-hybridized carbons (Fsp3) is 0.455. The van der Waals surface area contributed by atoms with Crippen LogP contribution in [0.25, 0.3) is 0 Å². The van der Waals surface area contributed by atoms with Gasteiger partial charge in [0.05, 0.1) is 12.0 Å². The van der Waals surface area contributed by atoms with Crippen LogP contribution in [0.3, 0.4) is 0 Å². The van der Waals surface area contributed by atoms with Crippen molar-refractivity contribution in [3.63, 3.8) is 0 Å². The average Bonchev–Trinajstić information content (AvgIpc) is 3.56. The molecular formula is C22H25BrN2O3. The summed E-state index contributed by atoms with van der Waals surface area (Å²) in [6.07, 6.45) is 5.61. The molecule has 2 heterocycles. The molecule has 1 aliphatic heterocycles. The largest absolute Gasteiger partial charge is 0.477 e. The molecule has 0 radical (unpaired) electrons. The minimum atomic E-state index is -0.544. The first-order valence-electron chi connectivity index (χ1n) is 9.85. The number of hydrogen-bond acceptors (Lipinski definition) is 4. The number of nitrogens with one attached hydrogen (secondary N) is 1. The highest BCUT2D eigenvalue weighted by Crippen LogP contribution is 2.36. The molecule has 1 aliphatic carbocycles. The maximum atomic E-state index is 13.3. The first-order chi connectivity index (χ1) is 13.7. The summed E-state index contributed by atoms with van der Waals surface area (Å²) in [5.41, 5.74) is 1.49. The van der Waals surface area contributed by atoms with Crippen molar-refractivity contribution in [2.45, 2.75) is 37.6 Å². The zero-order valence-corrected chi connectivity index (χ0v) is 17.4. The number of carbonyl (C=O) groups excluding carboxylic acids is 1. The number of rotatable bonds is 7. The first kappa shape index (κ1) is 19.4. The maximum Gasteiger partial charge on any atom is 0.231 e. The predicted molar refractivity (Wildman–Crippen MR) is 110 cm³/mol. The van der Waals surface area contributed by atoms with Gasteiger partial charge in [0.1, 0.15) is 0 Å². The summed E-state index contributed by atoms with van der Waals surface area (Å²) in [5, 5.41) is 3.14. The normalized spacial score (nSPS) is 18.5. The molecule has 4 rings (SSSR count). The van der Waals surface area contributed by atoms with Crippen molar-refractivity contribution in [2.75, 3.05) is 19.8 Å². The van der Waals surface area contributed by atoms with Crippen LogP contribution in [-0.4, -0.2) is 30.7 Å². The minimum Gasteiger partial charge on any atom is -0.477 e. The molecule has 1 saturated carbocycles. The molecule has 5 nitrogen and oxygen atoms in total. The van der Waals surface area contributed by atoms with Gasteiger partial charge in [0.15, 0.2) is 0 Å². The van der Waals surface area contributed by atoms with E-state index in [2.05, 4.69) is 26.2 Å². The van der Waals surface area contributed by atoms with E-state index in [0.717, 1.165) is 22.2 Å². The Morgan fingerprint density at radius 1 is 1.21 bits per heavy atom. The fourth-order valence-corrected chi connectivity index (χ4v) is 3.88. The average molecular weight is 445 g/mol. The molecule has 2 fully saturated rings. The summed E-state index contributed by atoms with van der Waals surface area (Å²) in [7, 11) is 0. The molecule has 1 N–H and O–H groups in total. The molecule has 0 atom stereocenters. The Hall–Kier alpha value is -1.92. The van der Waals surface area contributed by atoms with Crippen LogP contribution in [0.2, 0.25) is 0 Å². The van der Waals surface area contributed by atoms with Crippen molar-refractivity contribution >= 4 is 21.8 Å². The molecule has 6 heteroatoms. The number of carbonyl (C=O) groups is 1. The quantitative estimate of drug-likeness (QED) is 0.700. The number of pyridine rings is 1. The van der Waals surface area contributed by atoms with Crippen molar-refractivity contribution in [2.24, 2.45) is 5.92 Å². The van der Waals surface area contributed by atoms with Gasteiger partial charge in [-0.3, -0.25) is 4.79 Å². The van der Waals surface area contributed by atoms with Crippen molar-refractivity contribution in [3.05, 3.63) is 58.2 Å². The minimum absolute atomic E-state index is 0.0513. The smallest absolute Gasteiger partial charge is 0.231 e. The second-order valence-electron chi connectivity index (χ2n) is 7.64.